The highest BCUT2D eigenvalue weighted by Gasteiger charge is 2.28. The Kier molecular flexibility index (Phi) is 3.16. The number of rotatable bonds is 2. The molecule has 0 N–H and O–H groups in total. The number of aryl methyl sites for hydroxylation is 1. The van der Waals surface area contributed by atoms with Crippen molar-refractivity contribution in [3.63, 3.8) is 0 Å². The van der Waals surface area contributed by atoms with E-state index in [0.29, 0.717) is 0 Å². The summed E-state index contributed by atoms with van der Waals surface area (Å²) >= 11 is 0. The zero-order chi connectivity index (χ0) is 17.9. The molecule has 1 aliphatic rings. The van der Waals surface area contributed by atoms with Gasteiger partial charge < -0.3 is 4.57 Å². The molecule has 4 nitrogen and oxygen atoms in total. The van der Waals surface area contributed by atoms with Gasteiger partial charge in [-0.3, -0.25) is 10.1 Å². The van der Waals surface area contributed by atoms with Crippen molar-refractivity contribution in [2.24, 2.45) is 0 Å². The van der Waals surface area contributed by atoms with E-state index >= 15 is 0 Å². The maximum absolute atomic E-state index is 10.9. The molecule has 0 atom stereocenters. The van der Waals surface area contributed by atoms with Crippen LogP contribution in [-0.4, -0.2) is 9.49 Å². The molecule has 0 saturated carbocycles. The van der Waals surface area contributed by atoms with Crippen LogP contribution in [0.3, 0.4) is 0 Å². The number of nitro groups is 1. The number of nitrogens with zero attached hydrogens (tertiary/aromatic N) is 2. The third kappa shape index (κ3) is 2.29. The molecule has 2 aromatic carbocycles. The summed E-state index contributed by atoms with van der Waals surface area (Å²) in [4.78, 5) is 10.6. The van der Waals surface area contributed by atoms with Crippen LogP contribution in [0, 0.1) is 17.0 Å². The molecule has 0 unspecified atom stereocenters. The average Bonchev–Trinajstić information content (AvgIpc) is 2.93. The van der Waals surface area contributed by atoms with E-state index in [2.05, 4.69) is 56.7 Å². The zero-order valence-corrected chi connectivity index (χ0v) is 14.8. The molecule has 1 aliphatic heterocycles. The lowest BCUT2D eigenvalue weighted by Gasteiger charge is -2.30. The standard InChI is InChI=1S/C21H20N2O2/c1-13-9-17-14(2)11-21(3,4)22-12-19(18(10-13)20(17)22)15-5-7-16(8-6-15)23(24)25/h5-12H,1-4H3. The smallest absolute Gasteiger partial charge is 0.269 e. The summed E-state index contributed by atoms with van der Waals surface area (Å²) in [5.74, 6) is 0. The van der Waals surface area contributed by atoms with E-state index < -0.39 is 0 Å². The fraction of sp³-hybridized carbons (Fsp3) is 0.238. The second-order valence-corrected chi connectivity index (χ2v) is 7.41. The Balaban J connectivity index is 2.02. The van der Waals surface area contributed by atoms with Gasteiger partial charge >= 0.3 is 0 Å². The molecule has 0 amide bonds. The van der Waals surface area contributed by atoms with Crippen molar-refractivity contribution >= 4 is 22.2 Å². The lowest BCUT2D eigenvalue weighted by Crippen LogP contribution is -2.25. The molecule has 4 rings (SSSR count). The number of aromatic nitrogens is 1. The topological polar surface area (TPSA) is 48.1 Å². The van der Waals surface area contributed by atoms with Gasteiger partial charge in [-0.1, -0.05) is 6.08 Å². The quantitative estimate of drug-likeness (QED) is 0.448. The summed E-state index contributed by atoms with van der Waals surface area (Å²) in [5.41, 5.74) is 7.14. The van der Waals surface area contributed by atoms with Gasteiger partial charge in [-0.15, -0.1) is 0 Å². The van der Waals surface area contributed by atoms with Crippen LogP contribution < -0.4 is 0 Å². The first-order valence-corrected chi connectivity index (χ1v) is 8.39. The molecule has 4 heteroatoms. The molecular weight excluding hydrogens is 312 g/mol. The van der Waals surface area contributed by atoms with Crippen LogP contribution in [0.25, 0.3) is 27.6 Å². The Morgan fingerprint density at radius 1 is 1.04 bits per heavy atom. The van der Waals surface area contributed by atoms with E-state index in [1.807, 2.05) is 12.1 Å². The molecule has 0 bridgehead atoms. The van der Waals surface area contributed by atoms with Crippen LogP contribution >= 0.6 is 0 Å². The van der Waals surface area contributed by atoms with Crippen LogP contribution in [0.4, 0.5) is 5.69 Å². The first-order chi connectivity index (χ1) is 11.8. The van der Waals surface area contributed by atoms with Crippen molar-refractivity contribution in [2.45, 2.75) is 33.2 Å². The van der Waals surface area contributed by atoms with Crippen LogP contribution in [0.2, 0.25) is 0 Å². The van der Waals surface area contributed by atoms with Crippen LogP contribution in [0.15, 0.2) is 48.7 Å². The van der Waals surface area contributed by atoms with Gasteiger partial charge in [0.1, 0.15) is 0 Å². The Bertz CT molecular complexity index is 1050. The van der Waals surface area contributed by atoms with Crippen molar-refractivity contribution in [2.75, 3.05) is 0 Å². The van der Waals surface area contributed by atoms with Gasteiger partial charge in [-0.05, 0) is 68.7 Å². The second-order valence-electron chi connectivity index (χ2n) is 7.41. The van der Waals surface area contributed by atoms with Crippen LogP contribution in [-0.2, 0) is 5.54 Å². The average molecular weight is 332 g/mol. The van der Waals surface area contributed by atoms with Gasteiger partial charge in [0.2, 0.25) is 0 Å². The molecule has 0 saturated heterocycles. The summed E-state index contributed by atoms with van der Waals surface area (Å²) in [6.45, 7) is 8.69. The predicted octanol–water partition coefficient (Wildman–Crippen LogP) is 5.68. The number of benzene rings is 2. The van der Waals surface area contributed by atoms with Crippen molar-refractivity contribution in [1.29, 1.82) is 0 Å². The van der Waals surface area contributed by atoms with Crippen molar-refractivity contribution in [3.05, 3.63) is 69.9 Å². The van der Waals surface area contributed by atoms with Crippen molar-refractivity contribution in [1.82, 2.24) is 4.57 Å². The van der Waals surface area contributed by atoms with E-state index in [1.54, 1.807) is 12.1 Å². The first-order valence-electron chi connectivity index (χ1n) is 8.39. The number of hydrogen-bond acceptors (Lipinski definition) is 2. The van der Waals surface area contributed by atoms with Gasteiger partial charge in [0.05, 0.1) is 16.0 Å². The van der Waals surface area contributed by atoms with E-state index in [4.69, 9.17) is 0 Å². The van der Waals surface area contributed by atoms with Gasteiger partial charge in [-0.2, -0.15) is 0 Å². The molecule has 0 spiro atoms. The van der Waals surface area contributed by atoms with Gasteiger partial charge in [0.25, 0.3) is 5.69 Å². The van der Waals surface area contributed by atoms with E-state index in [9.17, 15) is 10.1 Å². The minimum absolute atomic E-state index is 0.108. The molecule has 0 radical (unpaired) electrons. The fourth-order valence-corrected chi connectivity index (χ4v) is 3.93. The Morgan fingerprint density at radius 2 is 1.72 bits per heavy atom. The molecule has 25 heavy (non-hydrogen) atoms. The molecular formula is C21H20N2O2. The second kappa shape index (κ2) is 5.06. The molecule has 1 aromatic heterocycles. The molecule has 2 heterocycles. The lowest BCUT2D eigenvalue weighted by atomic mass is 9.90. The summed E-state index contributed by atoms with van der Waals surface area (Å²) < 4.78 is 2.32. The first kappa shape index (κ1) is 15.6. The molecule has 126 valence electrons. The third-order valence-corrected chi connectivity index (χ3v) is 5.05. The minimum Gasteiger partial charge on any atom is -0.337 e. The monoisotopic (exact) mass is 332 g/mol. The van der Waals surface area contributed by atoms with Crippen LogP contribution in [0.1, 0.15) is 31.9 Å². The van der Waals surface area contributed by atoms with Crippen LogP contribution in [0.5, 0.6) is 0 Å². The lowest BCUT2D eigenvalue weighted by molar-refractivity contribution is -0.384. The molecule has 0 aliphatic carbocycles. The van der Waals surface area contributed by atoms with Gasteiger partial charge in [-0.25, -0.2) is 0 Å². The minimum atomic E-state index is -0.361. The predicted molar refractivity (Wildman–Crippen MR) is 102 cm³/mol. The number of non-ortho nitro benzene ring substituents is 1. The van der Waals surface area contributed by atoms with E-state index in [0.717, 1.165) is 11.1 Å². The van der Waals surface area contributed by atoms with Gasteiger partial charge in [0, 0.05) is 34.8 Å². The number of allylic oxidation sites excluding steroid dienone is 2. The van der Waals surface area contributed by atoms with E-state index in [1.165, 1.54) is 27.6 Å². The summed E-state index contributed by atoms with van der Waals surface area (Å²) in [5, 5.41) is 12.1. The Hall–Kier alpha value is -2.88. The van der Waals surface area contributed by atoms with Crippen molar-refractivity contribution in [3.8, 4) is 11.1 Å². The fourth-order valence-electron chi connectivity index (χ4n) is 3.93. The van der Waals surface area contributed by atoms with Gasteiger partial charge in [0.15, 0.2) is 0 Å². The normalized spacial score (nSPS) is 15.3. The highest BCUT2D eigenvalue weighted by atomic mass is 16.6. The summed E-state index contributed by atoms with van der Waals surface area (Å²) in [6.07, 6.45) is 4.48. The third-order valence-electron chi connectivity index (χ3n) is 5.05. The number of hydrogen-bond donors (Lipinski definition) is 0. The zero-order valence-electron chi connectivity index (χ0n) is 14.8. The van der Waals surface area contributed by atoms with Crippen molar-refractivity contribution < 1.29 is 4.92 Å². The largest absolute Gasteiger partial charge is 0.337 e. The highest BCUT2D eigenvalue weighted by molar-refractivity contribution is 6.03. The molecule has 0 fully saturated rings. The van der Waals surface area contributed by atoms with E-state index in [-0.39, 0.29) is 16.1 Å². The maximum atomic E-state index is 10.9. The summed E-state index contributed by atoms with van der Waals surface area (Å²) in [7, 11) is 0. The maximum Gasteiger partial charge on any atom is 0.269 e. The highest BCUT2D eigenvalue weighted by Crippen LogP contribution is 2.42. The molecule has 3 aromatic rings. The Labute approximate surface area is 146 Å². The summed E-state index contributed by atoms with van der Waals surface area (Å²) in [6, 6.07) is 11.3. The SMILES string of the molecule is CC1=CC(C)(C)n2cc(-c3ccc([N+](=O)[O-])cc3)c3cc(C)cc1c32. The Morgan fingerprint density at radius 3 is 2.36 bits per heavy atom. The number of nitro benzene ring substituents is 1.